The molecule has 1 saturated heterocycles. The lowest BCUT2D eigenvalue weighted by Crippen LogP contribution is -2.39. The topological polar surface area (TPSA) is 32.3 Å². The maximum Gasteiger partial charge on any atom is 0.220 e. The molecule has 1 aromatic rings. The van der Waals surface area contributed by atoms with Gasteiger partial charge in [0.25, 0.3) is 0 Å². The van der Waals surface area contributed by atoms with Gasteiger partial charge >= 0.3 is 0 Å². The van der Waals surface area contributed by atoms with E-state index in [1.54, 1.807) is 0 Å². The van der Waals surface area contributed by atoms with E-state index in [9.17, 15) is 4.79 Å². The highest BCUT2D eigenvalue weighted by atomic mass is 16.1. The number of nitrogens with zero attached hydrogens (tertiary/aromatic N) is 1. The number of hydrogen-bond donors (Lipinski definition) is 1. The first-order valence-electron chi connectivity index (χ1n) is 5.84. The van der Waals surface area contributed by atoms with Gasteiger partial charge in [-0.3, -0.25) is 4.79 Å². The summed E-state index contributed by atoms with van der Waals surface area (Å²) in [5.74, 6) is 0.185. The van der Waals surface area contributed by atoms with E-state index >= 15 is 0 Å². The summed E-state index contributed by atoms with van der Waals surface area (Å²) in [4.78, 5) is 13.6. The number of carbonyl (C=O) groups excluding carboxylic acids is 1. The number of rotatable bonds is 1. The Hall–Kier alpha value is -1.51. The van der Waals surface area contributed by atoms with Crippen molar-refractivity contribution in [3.8, 4) is 0 Å². The molecule has 0 unspecified atom stereocenters. The van der Waals surface area contributed by atoms with Crippen molar-refractivity contribution in [2.75, 3.05) is 24.5 Å². The number of hydrogen-bond acceptors (Lipinski definition) is 2. The molecule has 1 N–H and O–H groups in total. The van der Waals surface area contributed by atoms with Crippen LogP contribution in [0.3, 0.4) is 0 Å². The van der Waals surface area contributed by atoms with Gasteiger partial charge in [-0.25, -0.2) is 0 Å². The smallest absolute Gasteiger partial charge is 0.220 e. The van der Waals surface area contributed by atoms with Gasteiger partial charge in [-0.1, -0.05) is 18.2 Å². The first kappa shape index (κ1) is 11.0. The van der Waals surface area contributed by atoms with Crippen LogP contribution in [0.5, 0.6) is 0 Å². The Morgan fingerprint density at radius 2 is 2.06 bits per heavy atom. The third-order valence-corrected chi connectivity index (χ3v) is 2.99. The van der Waals surface area contributed by atoms with E-state index < -0.39 is 0 Å². The van der Waals surface area contributed by atoms with Crippen LogP contribution in [0.4, 0.5) is 5.69 Å². The van der Waals surface area contributed by atoms with Gasteiger partial charge < -0.3 is 10.2 Å². The van der Waals surface area contributed by atoms with Crippen molar-refractivity contribution in [3.05, 3.63) is 29.8 Å². The van der Waals surface area contributed by atoms with Gasteiger partial charge in [-0.2, -0.15) is 0 Å². The SMILES string of the molecule is Cc1ccccc1N1CCCC(=O)NCC1. The van der Waals surface area contributed by atoms with Gasteiger partial charge in [-0.15, -0.1) is 0 Å². The summed E-state index contributed by atoms with van der Waals surface area (Å²) in [5, 5.41) is 2.92. The molecular formula is C13H18N2O. The summed E-state index contributed by atoms with van der Waals surface area (Å²) >= 11 is 0. The van der Waals surface area contributed by atoms with E-state index in [2.05, 4.69) is 41.4 Å². The average molecular weight is 218 g/mol. The fourth-order valence-electron chi connectivity index (χ4n) is 2.12. The second-order valence-corrected chi connectivity index (χ2v) is 4.23. The van der Waals surface area contributed by atoms with Gasteiger partial charge in [0.2, 0.25) is 5.91 Å². The Kier molecular flexibility index (Phi) is 3.44. The lowest BCUT2D eigenvalue weighted by Gasteiger charge is -2.28. The number of para-hydroxylation sites is 1. The Morgan fingerprint density at radius 1 is 1.25 bits per heavy atom. The lowest BCUT2D eigenvalue weighted by molar-refractivity contribution is -0.121. The molecule has 0 atom stereocenters. The summed E-state index contributed by atoms with van der Waals surface area (Å²) in [6.07, 6.45) is 1.57. The lowest BCUT2D eigenvalue weighted by atomic mass is 10.1. The zero-order valence-electron chi connectivity index (χ0n) is 9.70. The standard InChI is InChI=1S/C13H18N2O/c1-11-5-2-3-6-12(11)15-9-4-7-13(16)14-8-10-15/h2-3,5-6H,4,7-10H2,1H3,(H,14,16). The van der Waals surface area contributed by atoms with E-state index in [1.165, 1.54) is 11.3 Å². The summed E-state index contributed by atoms with van der Waals surface area (Å²) in [6.45, 7) is 4.74. The molecule has 2 rings (SSSR count). The van der Waals surface area contributed by atoms with E-state index in [4.69, 9.17) is 0 Å². The molecule has 3 nitrogen and oxygen atoms in total. The summed E-state index contributed by atoms with van der Waals surface area (Å²) in [5.41, 5.74) is 2.59. The van der Waals surface area contributed by atoms with Crippen molar-refractivity contribution in [1.82, 2.24) is 5.32 Å². The Labute approximate surface area is 96.5 Å². The molecule has 1 heterocycles. The van der Waals surface area contributed by atoms with Crippen LogP contribution in [0.25, 0.3) is 0 Å². The summed E-state index contributed by atoms with van der Waals surface area (Å²) in [7, 11) is 0. The first-order chi connectivity index (χ1) is 7.77. The van der Waals surface area contributed by atoms with Crippen molar-refractivity contribution >= 4 is 11.6 Å². The maximum atomic E-state index is 11.2. The molecular weight excluding hydrogens is 200 g/mol. The number of amides is 1. The van der Waals surface area contributed by atoms with E-state index in [1.807, 2.05) is 0 Å². The molecule has 0 aromatic heterocycles. The molecule has 0 saturated carbocycles. The molecule has 16 heavy (non-hydrogen) atoms. The first-order valence-corrected chi connectivity index (χ1v) is 5.84. The molecule has 1 fully saturated rings. The predicted molar refractivity (Wildman–Crippen MR) is 65.6 cm³/mol. The number of carbonyl (C=O) groups is 1. The highest BCUT2D eigenvalue weighted by Crippen LogP contribution is 2.19. The van der Waals surface area contributed by atoms with Crippen molar-refractivity contribution in [2.24, 2.45) is 0 Å². The second-order valence-electron chi connectivity index (χ2n) is 4.23. The molecule has 3 heteroatoms. The van der Waals surface area contributed by atoms with Crippen LogP contribution >= 0.6 is 0 Å². The van der Waals surface area contributed by atoms with Gasteiger partial charge in [-0.05, 0) is 25.0 Å². The summed E-state index contributed by atoms with van der Waals surface area (Å²) in [6, 6.07) is 8.41. The number of nitrogens with one attached hydrogen (secondary N) is 1. The molecule has 0 spiro atoms. The Balaban J connectivity index is 2.09. The average Bonchev–Trinajstić information content (AvgIpc) is 2.24. The zero-order chi connectivity index (χ0) is 11.4. The van der Waals surface area contributed by atoms with Crippen molar-refractivity contribution in [1.29, 1.82) is 0 Å². The highest BCUT2D eigenvalue weighted by molar-refractivity contribution is 5.76. The minimum Gasteiger partial charge on any atom is -0.370 e. The number of benzene rings is 1. The Bertz CT molecular complexity index is 364. The van der Waals surface area contributed by atoms with Crippen molar-refractivity contribution in [2.45, 2.75) is 19.8 Å². The summed E-state index contributed by atoms with van der Waals surface area (Å²) < 4.78 is 0. The van der Waals surface area contributed by atoms with Crippen LogP contribution < -0.4 is 10.2 Å². The quantitative estimate of drug-likeness (QED) is 0.778. The molecule has 1 aliphatic heterocycles. The molecule has 0 radical (unpaired) electrons. The van der Waals surface area contributed by atoms with Gasteiger partial charge in [0.1, 0.15) is 0 Å². The fraction of sp³-hybridized carbons (Fsp3) is 0.462. The van der Waals surface area contributed by atoms with E-state index in [0.717, 1.165) is 26.1 Å². The minimum absolute atomic E-state index is 0.185. The van der Waals surface area contributed by atoms with Crippen LogP contribution in [0, 0.1) is 6.92 Å². The second kappa shape index (κ2) is 5.01. The van der Waals surface area contributed by atoms with Crippen molar-refractivity contribution in [3.63, 3.8) is 0 Å². The molecule has 86 valence electrons. The molecule has 1 amide bonds. The van der Waals surface area contributed by atoms with Gasteiger partial charge in [0, 0.05) is 31.7 Å². The van der Waals surface area contributed by atoms with Crippen LogP contribution in [0.15, 0.2) is 24.3 Å². The molecule has 1 aliphatic rings. The van der Waals surface area contributed by atoms with Crippen molar-refractivity contribution < 1.29 is 4.79 Å². The van der Waals surface area contributed by atoms with Crippen LogP contribution in [-0.4, -0.2) is 25.5 Å². The number of aryl methyl sites for hydroxylation is 1. The zero-order valence-corrected chi connectivity index (χ0v) is 9.70. The predicted octanol–water partition coefficient (Wildman–Crippen LogP) is 1.71. The maximum absolute atomic E-state index is 11.2. The van der Waals surface area contributed by atoms with Gasteiger partial charge in [0.15, 0.2) is 0 Å². The molecule has 1 aromatic carbocycles. The third kappa shape index (κ3) is 2.54. The van der Waals surface area contributed by atoms with E-state index in [-0.39, 0.29) is 5.91 Å². The van der Waals surface area contributed by atoms with E-state index in [0.29, 0.717) is 6.42 Å². The largest absolute Gasteiger partial charge is 0.370 e. The third-order valence-electron chi connectivity index (χ3n) is 2.99. The van der Waals surface area contributed by atoms with Crippen LogP contribution in [0.2, 0.25) is 0 Å². The van der Waals surface area contributed by atoms with Crippen LogP contribution in [0.1, 0.15) is 18.4 Å². The van der Waals surface area contributed by atoms with Gasteiger partial charge in [0.05, 0.1) is 0 Å². The monoisotopic (exact) mass is 218 g/mol. The normalized spacial score (nSPS) is 17.6. The minimum atomic E-state index is 0.185. The number of anilines is 1. The van der Waals surface area contributed by atoms with Crippen LogP contribution in [-0.2, 0) is 4.79 Å². The fourth-order valence-corrected chi connectivity index (χ4v) is 2.12. The molecule has 0 aliphatic carbocycles. The highest BCUT2D eigenvalue weighted by Gasteiger charge is 2.12. The molecule has 0 bridgehead atoms. The Morgan fingerprint density at radius 3 is 2.88 bits per heavy atom.